The molecule has 3 N–H and O–H groups in total. The lowest BCUT2D eigenvalue weighted by atomic mass is 10.1. The molecule has 0 amide bonds. The van der Waals surface area contributed by atoms with Gasteiger partial charge >= 0.3 is 5.97 Å². The summed E-state index contributed by atoms with van der Waals surface area (Å²) in [6.07, 6.45) is 4.90. The third-order valence-corrected chi connectivity index (χ3v) is 4.67. The first-order valence-electron chi connectivity index (χ1n) is 6.73. The summed E-state index contributed by atoms with van der Waals surface area (Å²) < 4.78 is 0. The van der Waals surface area contributed by atoms with Crippen molar-refractivity contribution in [3.8, 4) is 0 Å². The number of carboxylic acid groups (broad SMARTS) is 1. The quantitative estimate of drug-likeness (QED) is 0.666. The molecule has 1 atom stereocenters. The molecule has 3 aromatic rings. The molecule has 8 heteroatoms. The number of nitrogens with zero attached hydrogens (tertiary/aromatic N) is 3. The largest absolute Gasteiger partial charge is 0.480 e. The van der Waals surface area contributed by atoms with E-state index in [1.54, 1.807) is 17.5 Å². The molecule has 0 aliphatic carbocycles. The van der Waals surface area contributed by atoms with E-state index in [0.717, 1.165) is 26.4 Å². The summed E-state index contributed by atoms with van der Waals surface area (Å²) in [5, 5.41) is 13.4. The second-order valence-corrected chi connectivity index (χ2v) is 6.21. The summed E-state index contributed by atoms with van der Waals surface area (Å²) >= 11 is 1.58. The standard InChI is InChI=1S/C14H15N5O2S/c1-7-8(2)22-13-11(7)12(17-6-18-13)19-10(14(20)21)3-9-4-15-5-16-9/h4-6,10H,3H2,1-2H3,(H,15,16)(H,20,21)(H,17,18,19)/t10-/m0/s1. The highest BCUT2D eigenvalue weighted by molar-refractivity contribution is 7.18. The van der Waals surface area contributed by atoms with E-state index < -0.39 is 12.0 Å². The number of anilines is 1. The Labute approximate surface area is 130 Å². The van der Waals surface area contributed by atoms with Gasteiger partial charge in [0.1, 0.15) is 23.0 Å². The fourth-order valence-corrected chi connectivity index (χ4v) is 3.27. The average molecular weight is 317 g/mol. The molecule has 0 aromatic carbocycles. The predicted molar refractivity (Wildman–Crippen MR) is 84.2 cm³/mol. The van der Waals surface area contributed by atoms with Gasteiger partial charge in [-0.15, -0.1) is 11.3 Å². The first-order valence-corrected chi connectivity index (χ1v) is 7.55. The molecule has 7 nitrogen and oxygen atoms in total. The number of rotatable bonds is 5. The van der Waals surface area contributed by atoms with E-state index in [0.29, 0.717) is 12.2 Å². The zero-order valence-corrected chi connectivity index (χ0v) is 12.9. The Kier molecular flexibility index (Phi) is 3.76. The Morgan fingerprint density at radius 2 is 2.27 bits per heavy atom. The predicted octanol–water partition coefficient (Wildman–Crippen LogP) is 2.14. The maximum Gasteiger partial charge on any atom is 0.326 e. The zero-order chi connectivity index (χ0) is 15.7. The molecule has 0 unspecified atom stereocenters. The maximum absolute atomic E-state index is 11.5. The van der Waals surface area contributed by atoms with Crippen LogP contribution in [0, 0.1) is 13.8 Å². The highest BCUT2D eigenvalue weighted by Crippen LogP contribution is 2.32. The minimum Gasteiger partial charge on any atom is -0.480 e. The minimum absolute atomic E-state index is 0.295. The lowest BCUT2D eigenvalue weighted by Gasteiger charge is -2.15. The number of fused-ring (bicyclic) bond motifs is 1. The van der Waals surface area contributed by atoms with Crippen molar-refractivity contribution in [2.75, 3.05) is 5.32 Å². The normalized spacial score (nSPS) is 12.5. The van der Waals surface area contributed by atoms with Crippen LogP contribution in [0.1, 0.15) is 16.1 Å². The van der Waals surface area contributed by atoms with Crippen LogP contribution in [0.2, 0.25) is 0 Å². The molecule has 114 valence electrons. The number of carboxylic acids is 1. The Bertz CT molecular complexity index is 812. The fourth-order valence-electron chi connectivity index (χ4n) is 2.27. The van der Waals surface area contributed by atoms with E-state index in [2.05, 4.69) is 25.3 Å². The van der Waals surface area contributed by atoms with Gasteiger partial charge in [-0.2, -0.15) is 0 Å². The number of hydrogen-bond acceptors (Lipinski definition) is 6. The van der Waals surface area contributed by atoms with Crippen molar-refractivity contribution >= 4 is 33.3 Å². The molecular formula is C14H15N5O2S. The molecule has 3 rings (SSSR count). The molecule has 3 heterocycles. The third-order valence-electron chi connectivity index (χ3n) is 3.55. The molecule has 22 heavy (non-hydrogen) atoms. The van der Waals surface area contributed by atoms with Crippen LogP contribution in [0.25, 0.3) is 10.2 Å². The van der Waals surface area contributed by atoms with Crippen LogP contribution in [0.3, 0.4) is 0 Å². The van der Waals surface area contributed by atoms with Crippen molar-refractivity contribution in [2.45, 2.75) is 26.3 Å². The smallest absolute Gasteiger partial charge is 0.326 e. The number of hydrogen-bond donors (Lipinski definition) is 3. The molecule has 3 aromatic heterocycles. The summed E-state index contributed by atoms with van der Waals surface area (Å²) in [7, 11) is 0. The summed E-state index contributed by atoms with van der Waals surface area (Å²) in [5.41, 5.74) is 1.83. The maximum atomic E-state index is 11.5. The second-order valence-electron chi connectivity index (χ2n) is 5.00. The van der Waals surface area contributed by atoms with Gasteiger partial charge < -0.3 is 15.4 Å². The number of aliphatic carboxylic acids is 1. The highest BCUT2D eigenvalue weighted by atomic mass is 32.1. The number of imidazole rings is 1. The van der Waals surface area contributed by atoms with Crippen LogP contribution in [-0.4, -0.2) is 37.1 Å². The first kappa shape index (κ1) is 14.5. The van der Waals surface area contributed by atoms with Crippen molar-refractivity contribution in [2.24, 2.45) is 0 Å². The van der Waals surface area contributed by atoms with E-state index in [1.807, 2.05) is 13.8 Å². The Morgan fingerprint density at radius 3 is 2.95 bits per heavy atom. The molecule has 0 saturated carbocycles. The number of aromatic nitrogens is 4. The summed E-state index contributed by atoms with van der Waals surface area (Å²) in [5.74, 6) is -0.385. The van der Waals surface area contributed by atoms with Crippen LogP contribution < -0.4 is 5.32 Å². The Morgan fingerprint density at radius 1 is 1.45 bits per heavy atom. The van der Waals surface area contributed by atoms with Gasteiger partial charge in [-0.3, -0.25) is 0 Å². The van der Waals surface area contributed by atoms with Gasteiger partial charge in [0.25, 0.3) is 0 Å². The van der Waals surface area contributed by atoms with E-state index in [4.69, 9.17) is 0 Å². The van der Waals surface area contributed by atoms with Gasteiger partial charge in [-0.05, 0) is 19.4 Å². The number of thiophene rings is 1. The summed E-state index contributed by atoms with van der Waals surface area (Å²) in [6.45, 7) is 4.01. The van der Waals surface area contributed by atoms with Gasteiger partial charge in [0.15, 0.2) is 0 Å². The molecule has 0 bridgehead atoms. The van der Waals surface area contributed by atoms with Gasteiger partial charge in [0.05, 0.1) is 11.7 Å². The molecule has 0 fully saturated rings. The van der Waals surface area contributed by atoms with Crippen molar-refractivity contribution in [3.05, 3.63) is 35.0 Å². The molecule has 0 radical (unpaired) electrons. The number of carbonyl (C=O) groups is 1. The Hall–Kier alpha value is -2.48. The monoisotopic (exact) mass is 317 g/mol. The van der Waals surface area contributed by atoms with Gasteiger partial charge in [0, 0.05) is 23.2 Å². The number of H-pyrrole nitrogens is 1. The van der Waals surface area contributed by atoms with Crippen molar-refractivity contribution in [1.29, 1.82) is 0 Å². The van der Waals surface area contributed by atoms with Crippen LogP contribution in [-0.2, 0) is 11.2 Å². The van der Waals surface area contributed by atoms with Crippen LogP contribution in [0.15, 0.2) is 18.9 Å². The Balaban J connectivity index is 1.94. The van der Waals surface area contributed by atoms with Crippen LogP contribution >= 0.6 is 11.3 Å². The molecular weight excluding hydrogens is 302 g/mol. The summed E-state index contributed by atoms with van der Waals surface area (Å²) in [4.78, 5) is 28.8. The molecule has 0 saturated heterocycles. The number of aryl methyl sites for hydroxylation is 2. The topological polar surface area (TPSA) is 104 Å². The lowest BCUT2D eigenvalue weighted by molar-refractivity contribution is -0.137. The van der Waals surface area contributed by atoms with Crippen LogP contribution in [0.4, 0.5) is 5.82 Å². The van der Waals surface area contributed by atoms with Gasteiger partial charge in [0.2, 0.25) is 0 Å². The minimum atomic E-state index is -0.939. The average Bonchev–Trinajstić information content (AvgIpc) is 3.08. The molecule has 0 aliphatic heterocycles. The molecule has 0 spiro atoms. The van der Waals surface area contributed by atoms with Crippen LogP contribution in [0.5, 0.6) is 0 Å². The SMILES string of the molecule is Cc1sc2ncnc(N[C@@H](Cc3cnc[nH]3)C(=O)O)c2c1C. The van der Waals surface area contributed by atoms with E-state index in [-0.39, 0.29) is 0 Å². The molecule has 0 aliphatic rings. The van der Waals surface area contributed by atoms with Gasteiger partial charge in [-0.1, -0.05) is 0 Å². The second kappa shape index (κ2) is 5.72. The third kappa shape index (κ3) is 2.64. The first-order chi connectivity index (χ1) is 10.6. The van der Waals surface area contributed by atoms with Gasteiger partial charge in [-0.25, -0.2) is 19.7 Å². The number of nitrogens with one attached hydrogen (secondary N) is 2. The van der Waals surface area contributed by atoms with E-state index >= 15 is 0 Å². The number of aromatic amines is 1. The highest BCUT2D eigenvalue weighted by Gasteiger charge is 2.21. The lowest BCUT2D eigenvalue weighted by Crippen LogP contribution is -2.32. The van der Waals surface area contributed by atoms with Crippen molar-refractivity contribution < 1.29 is 9.90 Å². The van der Waals surface area contributed by atoms with E-state index in [9.17, 15) is 9.90 Å². The fraction of sp³-hybridized carbons (Fsp3) is 0.286. The summed E-state index contributed by atoms with van der Waals surface area (Å²) in [6, 6.07) is -0.793. The zero-order valence-electron chi connectivity index (χ0n) is 12.1. The van der Waals surface area contributed by atoms with Crippen molar-refractivity contribution in [3.63, 3.8) is 0 Å². The van der Waals surface area contributed by atoms with Crippen molar-refractivity contribution in [1.82, 2.24) is 19.9 Å². The van der Waals surface area contributed by atoms with E-state index in [1.165, 1.54) is 12.7 Å².